The van der Waals surface area contributed by atoms with Crippen LogP contribution in [0.2, 0.25) is 0 Å². The number of hydrogen-bond acceptors (Lipinski definition) is 1. The molecule has 2 rings (SSSR count). The fraction of sp³-hybridized carbons (Fsp3) is 0.500. The molecule has 3 nitrogen and oxygen atoms in total. The van der Waals surface area contributed by atoms with E-state index in [1.165, 1.54) is 5.56 Å². The third-order valence-corrected chi connectivity index (χ3v) is 4.09. The van der Waals surface area contributed by atoms with E-state index in [0.29, 0.717) is 18.4 Å². The Bertz CT molecular complexity index is 507. The zero-order valence-corrected chi connectivity index (χ0v) is 15.8. The first-order chi connectivity index (χ1) is 10.3. The van der Waals surface area contributed by atoms with Crippen molar-refractivity contribution in [2.24, 2.45) is 10.9 Å². The van der Waals surface area contributed by atoms with Gasteiger partial charge in [0.25, 0.3) is 0 Å². The molecule has 1 N–H and O–H groups in total. The second kappa shape index (κ2) is 9.73. The van der Waals surface area contributed by atoms with Crippen LogP contribution in [0.3, 0.4) is 0 Å². The maximum Gasteiger partial charge on any atom is 0.194 e. The van der Waals surface area contributed by atoms with Gasteiger partial charge in [-0.1, -0.05) is 43.2 Å². The third kappa shape index (κ3) is 4.91. The van der Waals surface area contributed by atoms with Crippen molar-refractivity contribution in [1.82, 2.24) is 10.2 Å². The predicted octanol–water partition coefficient (Wildman–Crippen LogP) is 3.33. The highest BCUT2D eigenvalue weighted by atomic mass is 127. The van der Waals surface area contributed by atoms with Crippen molar-refractivity contribution in [2.75, 3.05) is 26.2 Å². The Hall–Kier alpha value is -1.22. The van der Waals surface area contributed by atoms with Crippen LogP contribution in [-0.4, -0.2) is 37.0 Å². The summed E-state index contributed by atoms with van der Waals surface area (Å²) < 4.78 is 0. The lowest BCUT2D eigenvalue weighted by molar-refractivity contribution is 0.234. The molecule has 1 aromatic carbocycles. The van der Waals surface area contributed by atoms with Gasteiger partial charge in [0.15, 0.2) is 5.96 Å². The van der Waals surface area contributed by atoms with Gasteiger partial charge in [0.1, 0.15) is 6.54 Å². The zero-order valence-electron chi connectivity index (χ0n) is 13.5. The smallest absolute Gasteiger partial charge is 0.194 e. The van der Waals surface area contributed by atoms with Crippen molar-refractivity contribution < 1.29 is 0 Å². The Labute approximate surface area is 151 Å². The average molecular weight is 411 g/mol. The van der Waals surface area contributed by atoms with Crippen molar-refractivity contribution in [3.8, 4) is 12.3 Å². The Morgan fingerprint density at radius 2 is 2.14 bits per heavy atom. The van der Waals surface area contributed by atoms with E-state index in [9.17, 15) is 0 Å². The molecule has 1 fully saturated rings. The largest absolute Gasteiger partial charge is 0.356 e. The monoisotopic (exact) mass is 411 g/mol. The molecule has 1 aromatic rings. The zero-order chi connectivity index (χ0) is 15.1. The van der Waals surface area contributed by atoms with Crippen LogP contribution in [0.4, 0.5) is 0 Å². The molecule has 2 atom stereocenters. The Kier molecular flexibility index (Phi) is 8.32. The van der Waals surface area contributed by atoms with Gasteiger partial charge in [-0.15, -0.1) is 30.4 Å². The van der Waals surface area contributed by atoms with E-state index in [2.05, 4.69) is 65.3 Å². The number of nitrogens with one attached hydrogen (secondary N) is 1. The van der Waals surface area contributed by atoms with Crippen molar-refractivity contribution >= 4 is 29.9 Å². The van der Waals surface area contributed by atoms with E-state index in [4.69, 9.17) is 6.42 Å². The van der Waals surface area contributed by atoms with Crippen LogP contribution in [0.25, 0.3) is 0 Å². The number of aliphatic imine (C=N–C) groups is 1. The minimum atomic E-state index is 0. The molecule has 0 bridgehead atoms. The summed E-state index contributed by atoms with van der Waals surface area (Å²) >= 11 is 0. The van der Waals surface area contributed by atoms with Gasteiger partial charge >= 0.3 is 0 Å². The fourth-order valence-electron chi connectivity index (χ4n) is 3.08. The Balaban J connectivity index is 0.00000242. The molecule has 120 valence electrons. The van der Waals surface area contributed by atoms with Crippen LogP contribution in [0.5, 0.6) is 0 Å². The molecular formula is C18H26IN3. The SMILES string of the molecule is C#CCN=C(NCC)N1CCC(c2ccccc2)C(C)C1.I. The van der Waals surface area contributed by atoms with E-state index in [0.717, 1.165) is 32.0 Å². The summed E-state index contributed by atoms with van der Waals surface area (Å²) in [5.74, 6) is 4.78. The molecule has 0 aliphatic carbocycles. The van der Waals surface area contributed by atoms with Crippen molar-refractivity contribution in [1.29, 1.82) is 0 Å². The molecule has 1 aliphatic heterocycles. The summed E-state index contributed by atoms with van der Waals surface area (Å²) in [7, 11) is 0. The summed E-state index contributed by atoms with van der Waals surface area (Å²) in [6.07, 6.45) is 6.48. The van der Waals surface area contributed by atoms with E-state index in [-0.39, 0.29) is 24.0 Å². The van der Waals surface area contributed by atoms with Crippen molar-refractivity contribution in [3.63, 3.8) is 0 Å². The number of terminal acetylenes is 1. The topological polar surface area (TPSA) is 27.6 Å². The molecule has 1 aliphatic rings. The Morgan fingerprint density at radius 1 is 1.41 bits per heavy atom. The molecule has 0 spiro atoms. The summed E-state index contributed by atoms with van der Waals surface area (Å²) in [6.45, 7) is 7.78. The van der Waals surface area contributed by atoms with Gasteiger partial charge in [-0.05, 0) is 30.7 Å². The van der Waals surface area contributed by atoms with Crippen LogP contribution in [0.15, 0.2) is 35.3 Å². The molecule has 0 radical (unpaired) electrons. The first-order valence-electron chi connectivity index (χ1n) is 7.78. The maximum atomic E-state index is 5.32. The van der Waals surface area contributed by atoms with E-state index < -0.39 is 0 Å². The standard InChI is InChI=1S/C18H25N3.HI/c1-4-12-20-18(19-5-2)21-13-11-17(15(3)14-21)16-9-7-6-8-10-16;/h1,6-10,15,17H,5,11-14H2,2-3H3,(H,19,20);1H. The number of hydrogen-bond donors (Lipinski definition) is 1. The number of likely N-dealkylation sites (tertiary alicyclic amines) is 1. The predicted molar refractivity (Wildman–Crippen MR) is 105 cm³/mol. The highest BCUT2D eigenvalue weighted by Crippen LogP contribution is 2.32. The highest BCUT2D eigenvalue weighted by molar-refractivity contribution is 14.0. The van der Waals surface area contributed by atoms with Crippen LogP contribution in [0, 0.1) is 18.3 Å². The van der Waals surface area contributed by atoms with Gasteiger partial charge in [-0.25, -0.2) is 4.99 Å². The number of piperidine rings is 1. The van der Waals surface area contributed by atoms with Crippen LogP contribution >= 0.6 is 24.0 Å². The summed E-state index contributed by atoms with van der Waals surface area (Å²) in [6, 6.07) is 10.8. The van der Waals surface area contributed by atoms with Gasteiger partial charge in [-0.3, -0.25) is 0 Å². The second-order valence-corrected chi connectivity index (χ2v) is 5.60. The third-order valence-electron chi connectivity index (χ3n) is 4.09. The number of benzene rings is 1. The average Bonchev–Trinajstić information content (AvgIpc) is 2.52. The van der Waals surface area contributed by atoms with Crippen molar-refractivity contribution in [3.05, 3.63) is 35.9 Å². The number of nitrogens with zero attached hydrogens (tertiary/aromatic N) is 2. The molecule has 0 amide bonds. The second-order valence-electron chi connectivity index (χ2n) is 5.60. The molecule has 1 saturated heterocycles. The van der Waals surface area contributed by atoms with Crippen LogP contribution < -0.4 is 5.32 Å². The minimum Gasteiger partial charge on any atom is -0.356 e. The lowest BCUT2D eigenvalue weighted by Gasteiger charge is -2.38. The first kappa shape index (κ1) is 18.8. The van der Waals surface area contributed by atoms with Crippen molar-refractivity contribution in [2.45, 2.75) is 26.2 Å². The number of rotatable bonds is 3. The Morgan fingerprint density at radius 3 is 2.73 bits per heavy atom. The summed E-state index contributed by atoms with van der Waals surface area (Å²) in [5, 5.41) is 3.34. The molecule has 0 aromatic heterocycles. The fourth-order valence-corrected chi connectivity index (χ4v) is 3.08. The normalized spacial score (nSPS) is 21.7. The van der Waals surface area contributed by atoms with E-state index in [1.54, 1.807) is 0 Å². The summed E-state index contributed by atoms with van der Waals surface area (Å²) in [5.41, 5.74) is 1.45. The lowest BCUT2D eigenvalue weighted by atomic mass is 9.82. The van der Waals surface area contributed by atoms with Gasteiger partial charge in [-0.2, -0.15) is 0 Å². The highest BCUT2D eigenvalue weighted by Gasteiger charge is 2.28. The molecule has 22 heavy (non-hydrogen) atoms. The molecule has 4 heteroatoms. The molecule has 0 saturated carbocycles. The molecule has 2 unspecified atom stereocenters. The van der Waals surface area contributed by atoms with Crippen LogP contribution in [0.1, 0.15) is 31.7 Å². The van der Waals surface area contributed by atoms with Gasteiger partial charge in [0, 0.05) is 19.6 Å². The van der Waals surface area contributed by atoms with E-state index in [1.807, 2.05) is 0 Å². The molecular weight excluding hydrogens is 385 g/mol. The van der Waals surface area contributed by atoms with Crippen LogP contribution in [-0.2, 0) is 0 Å². The van der Waals surface area contributed by atoms with Gasteiger partial charge in [0.05, 0.1) is 0 Å². The lowest BCUT2D eigenvalue weighted by Crippen LogP contribution is -2.48. The quantitative estimate of drug-likeness (QED) is 0.358. The number of guanidine groups is 1. The number of halogens is 1. The summed E-state index contributed by atoms with van der Waals surface area (Å²) in [4.78, 5) is 6.82. The molecule has 1 heterocycles. The maximum absolute atomic E-state index is 5.32. The van der Waals surface area contributed by atoms with Gasteiger partial charge in [0.2, 0.25) is 0 Å². The van der Waals surface area contributed by atoms with Gasteiger partial charge < -0.3 is 10.2 Å². The van der Waals surface area contributed by atoms with E-state index >= 15 is 0 Å². The minimum absolute atomic E-state index is 0. The first-order valence-corrected chi connectivity index (χ1v) is 7.78.